The highest BCUT2D eigenvalue weighted by Crippen LogP contribution is 2.13. The molecule has 0 bridgehead atoms. The second-order valence-electron chi connectivity index (χ2n) is 4.39. The molecule has 0 heterocycles. The van der Waals surface area contributed by atoms with Crippen LogP contribution in [0.25, 0.3) is 0 Å². The topological polar surface area (TPSA) is 66.4 Å². The molecule has 4 nitrogen and oxygen atoms in total. The molecule has 0 unspecified atom stereocenters. The summed E-state index contributed by atoms with van der Waals surface area (Å²) < 4.78 is 0. The molecule has 1 amide bonds. The first-order valence-electron chi connectivity index (χ1n) is 6.34. The zero-order chi connectivity index (χ0) is 14.5. The molecular weight excluding hydrogens is 254 g/mol. The van der Waals surface area contributed by atoms with Crippen LogP contribution >= 0.6 is 0 Å². The summed E-state index contributed by atoms with van der Waals surface area (Å²) in [7, 11) is 0. The van der Waals surface area contributed by atoms with Crippen LogP contribution in [-0.4, -0.2) is 17.0 Å². The van der Waals surface area contributed by atoms with Crippen LogP contribution in [0.1, 0.15) is 33.2 Å². The van der Waals surface area contributed by atoms with Gasteiger partial charge in [-0.3, -0.25) is 4.79 Å². The molecule has 2 aromatic rings. The van der Waals surface area contributed by atoms with E-state index < -0.39 is 5.97 Å². The molecule has 2 N–H and O–H groups in total. The van der Waals surface area contributed by atoms with Gasteiger partial charge < -0.3 is 10.4 Å². The zero-order valence-electron chi connectivity index (χ0n) is 11.1. The van der Waals surface area contributed by atoms with Gasteiger partial charge in [0.1, 0.15) is 0 Å². The lowest BCUT2D eigenvalue weighted by atomic mass is 10.1. The molecule has 0 spiro atoms. The van der Waals surface area contributed by atoms with Crippen LogP contribution in [0.5, 0.6) is 0 Å². The first kappa shape index (κ1) is 13.8. The Morgan fingerprint density at radius 1 is 1.05 bits per heavy atom. The summed E-state index contributed by atoms with van der Waals surface area (Å²) in [6.07, 6.45) is 0.857. The van der Waals surface area contributed by atoms with Crippen LogP contribution in [0.3, 0.4) is 0 Å². The van der Waals surface area contributed by atoms with Crippen LogP contribution in [0.2, 0.25) is 0 Å². The fraction of sp³-hybridized carbons (Fsp3) is 0.125. The Balaban J connectivity index is 2.18. The average Bonchev–Trinajstić information content (AvgIpc) is 2.47. The summed E-state index contributed by atoms with van der Waals surface area (Å²) in [5.74, 6) is -1.27. The van der Waals surface area contributed by atoms with Crippen LogP contribution in [0.4, 0.5) is 5.69 Å². The Bertz CT molecular complexity index is 650. The maximum Gasteiger partial charge on any atom is 0.335 e. The van der Waals surface area contributed by atoms with Gasteiger partial charge in [-0.05, 0) is 42.3 Å². The van der Waals surface area contributed by atoms with Gasteiger partial charge in [-0.25, -0.2) is 4.79 Å². The van der Waals surface area contributed by atoms with E-state index in [4.69, 9.17) is 5.11 Å². The van der Waals surface area contributed by atoms with Crippen molar-refractivity contribution in [3.63, 3.8) is 0 Å². The SMILES string of the molecule is CCc1cccc(C(=O)Nc2cccc(C(=O)O)c2)c1. The van der Waals surface area contributed by atoms with Gasteiger partial charge in [0.25, 0.3) is 5.91 Å². The summed E-state index contributed by atoms with van der Waals surface area (Å²) in [6.45, 7) is 2.02. The van der Waals surface area contributed by atoms with Crippen molar-refractivity contribution in [1.82, 2.24) is 0 Å². The molecule has 2 rings (SSSR count). The standard InChI is InChI=1S/C16H15NO3/c1-2-11-5-3-6-12(9-11)15(18)17-14-8-4-7-13(10-14)16(19)20/h3-10H,2H2,1H3,(H,17,18)(H,19,20). The zero-order valence-corrected chi connectivity index (χ0v) is 11.1. The van der Waals surface area contributed by atoms with Gasteiger partial charge >= 0.3 is 5.97 Å². The Kier molecular flexibility index (Phi) is 4.15. The minimum Gasteiger partial charge on any atom is -0.478 e. The number of amides is 1. The van der Waals surface area contributed by atoms with Crippen LogP contribution < -0.4 is 5.32 Å². The molecule has 0 radical (unpaired) electrons. The maximum absolute atomic E-state index is 12.1. The van der Waals surface area contributed by atoms with Gasteiger partial charge in [0.2, 0.25) is 0 Å². The van der Waals surface area contributed by atoms with E-state index in [9.17, 15) is 9.59 Å². The largest absolute Gasteiger partial charge is 0.478 e. The van der Waals surface area contributed by atoms with Crippen molar-refractivity contribution in [2.75, 3.05) is 5.32 Å². The first-order chi connectivity index (χ1) is 9.60. The number of benzene rings is 2. The third-order valence-electron chi connectivity index (χ3n) is 2.96. The summed E-state index contributed by atoms with van der Waals surface area (Å²) in [6, 6.07) is 13.5. The van der Waals surface area contributed by atoms with Crippen molar-refractivity contribution in [2.45, 2.75) is 13.3 Å². The third-order valence-corrected chi connectivity index (χ3v) is 2.96. The summed E-state index contributed by atoms with van der Waals surface area (Å²) >= 11 is 0. The lowest BCUT2D eigenvalue weighted by molar-refractivity contribution is 0.0696. The van der Waals surface area contributed by atoms with Crippen molar-refractivity contribution >= 4 is 17.6 Å². The molecule has 20 heavy (non-hydrogen) atoms. The number of rotatable bonds is 4. The van der Waals surface area contributed by atoms with Crippen LogP contribution in [0, 0.1) is 0 Å². The molecule has 0 aliphatic heterocycles. The number of carboxylic acids is 1. The van der Waals surface area contributed by atoms with Gasteiger partial charge in [-0.15, -0.1) is 0 Å². The minimum absolute atomic E-state index is 0.144. The van der Waals surface area contributed by atoms with Gasteiger partial charge in [0, 0.05) is 11.3 Å². The molecule has 0 aromatic heterocycles. The van der Waals surface area contributed by atoms with Crippen LogP contribution in [-0.2, 0) is 6.42 Å². The van der Waals surface area contributed by atoms with E-state index in [2.05, 4.69) is 5.32 Å². The summed E-state index contributed by atoms with van der Waals surface area (Å²) in [5, 5.41) is 11.6. The number of carbonyl (C=O) groups excluding carboxylic acids is 1. The first-order valence-corrected chi connectivity index (χ1v) is 6.34. The molecule has 102 valence electrons. The molecule has 4 heteroatoms. The Labute approximate surface area is 117 Å². The second-order valence-corrected chi connectivity index (χ2v) is 4.39. The molecule has 0 aliphatic rings. The van der Waals surface area contributed by atoms with Gasteiger partial charge in [-0.1, -0.05) is 25.1 Å². The third kappa shape index (κ3) is 3.23. The lowest BCUT2D eigenvalue weighted by Gasteiger charge is -2.07. The van der Waals surface area contributed by atoms with Crippen molar-refractivity contribution in [3.05, 3.63) is 65.2 Å². The minimum atomic E-state index is -1.02. The molecule has 0 saturated heterocycles. The quantitative estimate of drug-likeness (QED) is 0.895. The highest BCUT2D eigenvalue weighted by atomic mass is 16.4. The predicted octanol–water partition coefficient (Wildman–Crippen LogP) is 3.20. The number of anilines is 1. The molecular formula is C16H15NO3. The maximum atomic E-state index is 12.1. The molecule has 0 atom stereocenters. The number of nitrogens with one attached hydrogen (secondary N) is 1. The smallest absolute Gasteiger partial charge is 0.335 e. The Morgan fingerprint density at radius 3 is 2.45 bits per heavy atom. The highest BCUT2D eigenvalue weighted by Gasteiger charge is 2.08. The molecule has 0 aliphatic carbocycles. The number of hydrogen-bond acceptors (Lipinski definition) is 2. The van der Waals surface area contributed by atoms with Gasteiger partial charge in [0.15, 0.2) is 0 Å². The van der Waals surface area contributed by atoms with E-state index in [1.807, 2.05) is 25.1 Å². The summed E-state index contributed by atoms with van der Waals surface area (Å²) in [4.78, 5) is 23.0. The normalized spacial score (nSPS) is 10.1. The Hall–Kier alpha value is -2.62. The van der Waals surface area contributed by atoms with Crippen molar-refractivity contribution < 1.29 is 14.7 Å². The van der Waals surface area contributed by atoms with E-state index in [1.54, 1.807) is 18.2 Å². The summed E-state index contributed by atoms with van der Waals surface area (Å²) in [5.41, 5.74) is 2.25. The number of hydrogen-bond donors (Lipinski definition) is 2. The number of aromatic carboxylic acids is 1. The van der Waals surface area contributed by atoms with E-state index >= 15 is 0 Å². The number of aryl methyl sites for hydroxylation is 1. The van der Waals surface area contributed by atoms with Gasteiger partial charge in [-0.2, -0.15) is 0 Å². The molecule has 0 fully saturated rings. The highest BCUT2D eigenvalue weighted by molar-refractivity contribution is 6.04. The number of carbonyl (C=O) groups is 2. The van der Waals surface area contributed by atoms with E-state index in [-0.39, 0.29) is 11.5 Å². The predicted molar refractivity (Wildman–Crippen MR) is 77.2 cm³/mol. The van der Waals surface area contributed by atoms with E-state index in [1.165, 1.54) is 12.1 Å². The van der Waals surface area contributed by atoms with Crippen molar-refractivity contribution in [3.8, 4) is 0 Å². The van der Waals surface area contributed by atoms with Crippen molar-refractivity contribution in [1.29, 1.82) is 0 Å². The van der Waals surface area contributed by atoms with E-state index in [0.717, 1.165) is 12.0 Å². The van der Waals surface area contributed by atoms with Gasteiger partial charge in [0.05, 0.1) is 5.56 Å². The van der Waals surface area contributed by atoms with Crippen molar-refractivity contribution in [2.24, 2.45) is 0 Å². The van der Waals surface area contributed by atoms with E-state index in [0.29, 0.717) is 11.3 Å². The average molecular weight is 269 g/mol. The number of carboxylic acid groups (broad SMARTS) is 1. The fourth-order valence-corrected chi connectivity index (χ4v) is 1.87. The lowest BCUT2D eigenvalue weighted by Crippen LogP contribution is -2.12. The van der Waals surface area contributed by atoms with Crippen LogP contribution in [0.15, 0.2) is 48.5 Å². The Morgan fingerprint density at radius 2 is 1.75 bits per heavy atom. The fourth-order valence-electron chi connectivity index (χ4n) is 1.87. The second kappa shape index (κ2) is 6.02. The molecule has 0 saturated carbocycles. The monoisotopic (exact) mass is 269 g/mol. The molecule has 2 aromatic carbocycles.